The second-order valence-electron chi connectivity index (χ2n) is 33.3. The van der Waals surface area contributed by atoms with E-state index in [1.165, 1.54) is 90.6 Å². The first-order valence-corrected chi connectivity index (χ1v) is 40.9. The van der Waals surface area contributed by atoms with Crippen LogP contribution in [0, 0.1) is 35.5 Å². The van der Waals surface area contributed by atoms with Crippen LogP contribution < -0.4 is 16.0 Å². The molecule has 13 amide bonds. The molecular formula is C78H125ClF3N13O14. The summed E-state index contributed by atoms with van der Waals surface area (Å²) in [6, 6.07) is -11.5. The van der Waals surface area contributed by atoms with E-state index in [4.69, 9.17) is 16.3 Å². The van der Waals surface area contributed by atoms with E-state index in [9.17, 15) is 37.1 Å². The quantitative estimate of drug-likeness (QED) is 0.176. The lowest BCUT2D eigenvalue weighted by Crippen LogP contribution is -2.65. The molecule has 4 aliphatic heterocycles. The van der Waals surface area contributed by atoms with Gasteiger partial charge in [-0.3, -0.25) is 62.3 Å². The average molecular weight is 1560 g/mol. The Labute approximate surface area is 647 Å². The molecule has 27 nitrogen and oxygen atoms in total. The number of alkyl halides is 4. The molecule has 1 spiro atoms. The normalized spacial score (nSPS) is 30.5. The second kappa shape index (κ2) is 39.1. The Kier molecular flexibility index (Phi) is 31.4. The molecule has 4 saturated heterocycles. The third-order valence-corrected chi connectivity index (χ3v) is 26.0. The average Bonchev–Trinajstić information content (AvgIpc) is 1.77. The van der Waals surface area contributed by atoms with Gasteiger partial charge in [0.25, 0.3) is 0 Å². The molecule has 0 bridgehead atoms. The van der Waals surface area contributed by atoms with Crippen molar-refractivity contribution in [1.29, 1.82) is 0 Å². The van der Waals surface area contributed by atoms with Crippen LogP contribution in [-0.4, -0.2) is 299 Å². The van der Waals surface area contributed by atoms with Crippen LogP contribution in [-0.2, 0) is 67.1 Å². The van der Waals surface area contributed by atoms with E-state index in [0.29, 0.717) is 58.0 Å². The molecule has 3 unspecified atom stereocenters. The van der Waals surface area contributed by atoms with Gasteiger partial charge in [-0.1, -0.05) is 91.9 Å². The molecule has 614 valence electrons. The predicted octanol–water partition coefficient (Wildman–Crippen LogP) is 5.71. The summed E-state index contributed by atoms with van der Waals surface area (Å²) in [6.07, 6.45) is 4.38. The highest BCUT2D eigenvalue weighted by molar-refractivity contribution is 6.21. The Balaban J connectivity index is 1.21. The Morgan fingerprint density at radius 3 is 1.81 bits per heavy atom. The zero-order chi connectivity index (χ0) is 80.1. The molecule has 0 aromatic heterocycles. The van der Waals surface area contributed by atoms with E-state index in [0.717, 1.165) is 54.7 Å². The summed E-state index contributed by atoms with van der Waals surface area (Å²) in [5.41, 5.74) is -1.69. The molecule has 109 heavy (non-hydrogen) atoms. The van der Waals surface area contributed by atoms with E-state index in [1.807, 2.05) is 20.8 Å². The summed E-state index contributed by atoms with van der Waals surface area (Å²) in [6.45, 7) is 9.93. The highest BCUT2D eigenvalue weighted by Crippen LogP contribution is 2.44. The molecule has 4 heterocycles. The molecule has 0 radical (unpaired) electrons. The number of nitrogens with one attached hydrogen (secondary N) is 3. The number of ether oxygens (including phenoxy) is 1. The number of morpholine rings is 1. The van der Waals surface area contributed by atoms with Gasteiger partial charge in [0.1, 0.15) is 59.9 Å². The summed E-state index contributed by atoms with van der Waals surface area (Å²) in [7, 11) is 9.98. The number of carbonyl (C=O) groups excluding carboxylic acids is 13. The van der Waals surface area contributed by atoms with Crippen molar-refractivity contribution in [1.82, 2.24) is 64.9 Å². The molecule has 31 heteroatoms. The smallest absolute Gasteiger partial charge is 0.378 e. The Hall–Kier alpha value is -6.85. The summed E-state index contributed by atoms with van der Waals surface area (Å²) in [5, 5.41) is 7.57. The van der Waals surface area contributed by atoms with Crippen LogP contribution in [0.25, 0.3) is 0 Å². The van der Waals surface area contributed by atoms with Crippen molar-refractivity contribution < 1.29 is 80.2 Å². The fourth-order valence-electron chi connectivity index (χ4n) is 18.0. The number of hydrogen-bond acceptors (Lipinski definition) is 14. The molecule has 8 fully saturated rings. The maximum Gasteiger partial charge on any atom is 0.393 e. The molecule has 0 aromatic carbocycles. The van der Waals surface area contributed by atoms with Gasteiger partial charge in [0.15, 0.2) is 0 Å². The maximum atomic E-state index is 16.0. The first kappa shape index (κ1) is 87.7. The third-order valence-electron chi connectivity index (χ3n) is 25.5. The van der Waals surface area contributed by atoms with Crippen molar-refractivity contribution in [2.45, 2.75) is 279 Å². The van der Waals surface area contributed by atoms with E-state index < -0.39 is 179 Å². The topological polar surface area (TPSA) is 300 Å². The molecule has 4 saturated carbocycles. The lowest BCUT2D eigenvalue weighted by molar-refractivity contribution is -0.182. The first-order valence-electron chi connectivity index (χ1n) is 40.4. The van der Waals surface area contributed by atoms with Gasteiger partial charge in [0, 0.05) is 93.9 Å². The fraction of sp³-hybridized carbons (Fsp3) is 0.833. The minimum atomic E-state index is -4.55. The van der Waals surface area contributed by atoms with Gasteiger partial charge < -0.3 is 69.7 Å². The second-order valence-corrected chi connectivity index (χ2v) is 33.9. The molecule has 4 aliphatic carbocycles. The standard InChI is InChI=1S/C78H125ClF3N13O14/c1-13-49(4)65-74(106)87(7)50(5)69(101)95-38-33-58(95)72(104)90(10)60(45-51-23-15-14-16-24-51)71(103)86(6)47-62(96)83-56(30-28-52-27-29-54(55(79)44-52)78(80,81)82)70(102)89(9)57(31-32-63(97)93-36-21-22-37-93)68(100)85-77(34-19-20-35-77)76(108)92(12)66(53-25-17-18-26-53)75(107)91(11)61(73(105)94-39-41-109-42-40-94)46-64(98)88(8)59(43-48(2)3)67(99)84-65/h48-61,65-66H,13-47H2,1-12H3,(H,83,96)(H,84,99)(H,85,100)/t49-,50-,52?,54?,55?,56-,57-,58-,59-,60-,61-,65-,66-/m0/s1. The molecular weight excluding hydrogens is 1440 g/mol. The first-order chi connectivity index (χ1) is 51.5. The van der Waals surface area contributed by atoms with E-state index >= 15 is 38.4 Å². The van der Waals surface area contributed by atoms with E-state index in [2.05, 4.69) is 16.0 Å². The van der Waals surface area contributed by atoms with Crippen LogP contribution in [0.5, 0.6) is 0 Å². The monoisotopic (exact) mass is 1560 g/mol. The van der Waals surface area contributed by atoms with E-state index in [1.54, 1.807) is 11.8 Å². The van der Waals surface area contributed by atoms with Crippen LogP contribution >= 0.6 is 11.6 Å². The van der Waals surface area contributed by atoms with Gasteiger partial charge in [0.05, 0.1) is 32.1 Å². The highest BCUT2D eigenvalue weighted by Gasteiger charge is 2.53. The molecule has 13 atom stereocenters. The number of hydrogen-bond donors (Lipinski definition) is 3. The van der Waals surface area contributed by atoms with Gasteiger partial charge in [-0.15, -0.1) is 11.6 Å². The van der Waals surface area contributed by atoms with Gasteiger partial charge >= 0.3 is 6.18 Å². The van der Waals surface area contributed by atoms with Gasteiger partial charge in [-0.05, 0) is 133 Å². The van der Waals surface area contributed by atoms with Crippen molar-refractivity contribution in [3.63, 3.8) is 0 Å². The number of likely N-dealkylation sites (tertiary alicyclic amines) is 1. The van der Waals surface area contributed by atoms with Crippen molar-refractivity contribution in [2.75, 3.05) is 102 Å². The Morgan fingerprint density at radius 2 is 1.22 bits per heavy atom. The van der Waals surface area contributed by atoms with Crippen LogP contribution in [0.3, 0.4) is 0 Å². The largest absolute Gasteiger partial charge is 0.393 e. The summed E-state index contributed by atoms with van der Waals surface area (Å²) >= 11 is 6.47. The van der Waals surface area contributed by atoms with Crippen LogP contribution in [0.1, 0.15) is 208 Å². The number of rotatable bonds is 14. The van der Waals surface area contributed by atoms with E-state index in [-0.39, 0.29) is 128 Å². The molecule has 8 rings (SSSR count). The lowest BCUT2D eigenvalue weighted by atomic mass is 9.78. The predicted molar refractivity (Wildman–Crippen MR) is 401 cm³/mol. The van der Waals surface area contributed by atoms with Crippen LogP contribution in [0.4, 0.5) is 13.2 Å². The number of carbonyl (C=O) groups is 13. The number of fused-ring (bicyclic) bond motifs is 1. The highest BCUT2D eigenvalue weighted by atomic mass is 35.5. The van der Waals surface area contributed by atoms with Crippen molar-refractivity contribution >= 4 is 88.4 Å². The minimum Gasteiger partial charge on any atom is -0.378 e. The number of nitrogens with zero attached hydrogens (tertiary/aromatic N) is 10. The summed E-state index contributed by atoms with van der Waals surface area (Å²) in [5.74, 6) is -11.7. The summed E-state index contributed by atoms with van der Waals surface area (Å²) < 4.78 is 48.1. The zero-order valence-electron chi connectivity index (χ0n) is 66.7. The lowest BCUT2D eigenvalue weighted by Gasteiger charge is -2.45. The van der Waals surface area contributed by atoms with Crippen LogP contribution in [0.15, 0.2) is 0 Å². The minimum absolute atomic E-state index is 0.00339. The van der Waals surface area contributed by atoms with Crippen molar-refractivity contribution in [3.05, 3.63) is 0 Å². The number of halogens is 4. The fourth-order valence-corrected chi connectivity index (χ4v) is 18.5. The summed E-state index contributed by atoms with van der Waals surface area (Å²) in [4.78, 5) is 211. The zero-order valence-corrected chi connectivity index (χ0v) is 67.4. The molecule has 3 N–H and O–H groups in total. The number of amides is 13. The maximum absolute atomic E-state index is 16.0. The van der Waals surface area contributed by atoms with Gasteiger partial charge in [-0.2, -0.15) is 13.2 Å². The van der Waals surface area contributed by atoms with Crippen molar-refractivity contribution in [3.8, 4) is 0 Å². The Morgan fingerprint density at radius 1 is 0.596 bits per heavy atom. The Bertz CT molecular complexity index is 3230. The third kappa shape index (κ3) is 21.5. The molecule has 0 aromatic rings. The van der Waals surface area contributed by atoms with Crippen LogP contribution in [0.2, 0.25) is 0 Å². The molecule has 8 aliphatic rings. The number of likely N-dealkylation sites (N-methyl/N-ethyl adjacent to an activating group) is 7. The van der Waals surface area contributed by atoms with Crippen molar-refractivity contribution in [2.24, 2.45) is 35.5 Å². The van der Waals surface area contributed by atoms with Gasteiger partial charge in [0.2, 0.25) is 76.8 Å². The SMILES string of the molecule is CC[C@H](C)[C@@H]1NC(=O)[C@H](CC(C)C)N(C)C(=O)C[C@@H](C(=O)N2CCOCC2)N(C)C(=O)[C@H](C2CCCC2)N(C)C(=O)C2(CCCC2)NC(=O)[C@H](CCC(=O)N2CCCC2)N(C)C(=O)[C@H](CCC2CCC(C(F)(F)F)C(Cl)C2)NC(=O)CN(C)C(=O)[C@H](CC2CCCCC2)N(C)C(=O)[C@@H]2CCN2C(=O)[C@H](C)N(C)C1=O. The van der Waals surface area contributed by atoms with Gasteiger partial charge in [-0.25, -0.2) is 0 Å².